The number of thioether (sulfide) groups is 2. The second-order valence-corrected chi connectivity index (χ2v) is 8.89. The van der Waals surface area contributed by atoms with Crippen molar-refractivity contribution in [1.82, 2.24) is 4.57 Å². The summed E-state index contributed by atoms with van der Waals surface area (Å²) in [7, 11) is 0. The number of hydrogen-bond donors (Lipinski definition) is 0. The van der Waals surface area contributed by atoms with Crippen molar-refractivity contribution in [3.63, 3.8) is 0 Å². The van der Waals surface area contributed by atoms with Crippen LogP contribution in [0.25, 0.3) is 10.2 Å². The number of amides is 1. The summed E-state index contributed by atoms with van der Waals surface area (Å²) in [5, 5.41) is 0. The molecule has 152 valence electrons. The van der Waals surface area contributed by atoms with E-state index in [4.69, 9.17) is 4.74 Å². The number of thiazole rings is 1. The fourth-order valence-electron chi connectivity index (χ4n) is 2.87. The van der Waals surface area contributed by atoms with Crippen molar-refractivity contribution in [1.29, 1.82) is 0 Å². The quantitative estimate of drug-likeness (QED) is 0.389. The number of ether oxygens (including phenoxy) is 1. The first kappa shape index (κ1) is 21.7. The average Bonchev–Trinajstić information content (AvgIpc) is 3.08. The molecule has 0 aliphatic heterocycles. The maximum absolute atomic E-state index is 12.9. The number of nitrogens with zero attached hydrogens (tertiary/aromatic N) is 2. The van der Waals surface area contributed by atoms with Gasteiger partial charge in [0.1, 0.15) is 0 Å². The fourth-order valence-corrected chi connectivity index (χ4v) is 4.92. The molecule has 29 heavy (non-hydrogen) atoms. The summed E-state index contributed by atoms with van der Waals surface area (Å²) in [6, 6.07) is 13.0. The molecule has 0 bridgehead atoms. The van der Waals surface area contributed by atoms with E-state index in [9.17, 15) is 9.59 Å². The van der Waals surface area contributed by atoms with Crippen LogP contribution in [-0.2, 0) is 11.3 Å². The molecular weight excluding hydrogens is 424 g/mol. The Labute approximate surface area is 182 Å². The van der Waals surface area contributed by atoms with Gasteiger partial charge in [0.2, 0.25) is 0 Å². The maximum Gasteiger partial charge on any atom is 0.338 e. The average molecular weight is 447 g/mol. The Balaban J connectivity index is 2.10. The second-order valence-electron chi connectivity index (χ2n) is 6.05. The molecule has 0 spiro atoms. The minimum Gasteiger partial charge on any atom is -0.462 e. The first-order valence-corrected chi connectivity index (χ1v) is 12.5. The molecule has 0 saturated carbocycles. The van der Waals surface area contributed by atoms with Gasteiger partial charge < -0.3 is 9.30 Å². The van der Waals surface area contributed by atoms with Crippen LogP contribution in [0.1, 0.15) is 27.6 Å². The van der Waals surface area contributed by atoms with Crippen LogP contribution in [0.2, 0.25) is 0 Å². The van der Waals surface area contributed by atoms with E-state index < -0.39 is 0 Å². The zero-order valence-corrected chi connectivity index (χ0v) is 19.0. The van der Waals surface area contributed by atoms with E-state index in [1.807, 2.05) is 47.4 Å². The lowest BCUT2D eigenvalue weighted by Crippen LogP contribution is -2.18. The lowest BCUT2D eigenvalue weighted by atomic mass is 10.2. The molecule has 8 heteroatoms. The summed E-state index contributed by atoms with van der Waals surface area (Å²) >= 11 is 4.67. The predicted molar refractivity (Wildman–Crippen MR) is 122 cm³/mol. The minimum atomic E-state index is -0.345. The van der Waals surface area contributed by atoms with Crippen LogP contribution in [0.4, 0.5) is 0 Å². The highest BCUT2D eigenvalue weighted by Gasteiger charge is 2.14. The number of aromatic nitrogens is 1. The predicted octanol–water partition coefficient (Wildman–Crippen LogP) is 4.71. The van der Waals surface area contributed by atoms with Gasteiger partial charge in [0.05, 0.1) is 28.0 Å². The summed E-state index contributed by atoms with van der Waals surface area (Å²) in [6.07, 6.45) is 3.99. The van der Waals surface area contributed by atoms with Crippen LogP contribution in [0.15, 0.2) is 52.4 Å². The van der Waals surface area contributed by atoms with E-state index in [0.29, 0.717) is 22.5 Å². The molecule has 1 aromatic heterocycles. The van der Waals surface area contributed by atoms with Gasteiger partial charge in [-0.15, -0.1) is 11.8 Å². The smallest absolute Gasteiger partial charge is 0.338 e. The van der Waals surface area contributed by atoms with Gasteiger partial charge in [-0.25, -0.2) is 4.79 Å². The van der Waals surface area contributed by atoms with E-state index in [0.717, 1.165) is 27.4 Å². The van der Waals surface area contributed by atoms with Crippen molar-refractivity contribution in [2.45, 2.75) is 18.4 Å². The maximum atomic E-state index is 12.9. The van der Waals surface area contributed by atoms with Gasteiger partial charge in [0.15, 0.2) is 4.80 Å². The number of aryl methyl sites for hydroxylation is 1. The zero-order valence-electron chi connectivity index (χ0n) is 16.5. The van der Waals surface area contributed by atoms with E-state index in [1.165, 1.54) is 23.1 Å². The summed E-state index contributed by atoms with van der Waals surface area (Å²) in [5.41, 5.74) is 2.06. The standard InChI is InChI=1S/C21H22N2O3S3/c1-4-26-20(25)14-9-10-16-18(13-14)29-21(23(16)11-12-27-2)22-19(24)15-7-5-6-8-17(15)28-3/h5-10,13H,4,11-12H2,1-3H3. The molecule has 0 aliphatic carbocycles. The monoisotopic (exact) mass is 446 g/mol. The molecule has 2 aromatic carbocycles. The molecule has 0 saturated heterocycles. The van der Waals surface area contributed by atoms with E-state index >= 15 is 0 Å². The normalized spacial score (nSPS) is 11.8. The van der Waals surface area contributed by atoms with Crippen molar-refractivity contribution < 1.29 is 14.3 Å². The molecular formula is C21H22N2O3S3. The molecule has 0 unspecified atom stereocenters. The van der Waals surface area contributed by atoms with Crippen molar-refractivity contribution in [3.05, 3.63) is 58.4 Å². The lowest BCUT2D eigenvalue weighted by molar-refractivity contribution is 0.0526. The number of carbonyl (C=O) groups is 2. The number of fused-ring (bicyclic) bond motifs is 1. The van der Waals surface area contributed by atoms with Gasteiger partial charge in [0.25, 0.3) is 5.91 Å². The largest absolute Gasteiger partial charge is 0.462 e. The molecule has 5 nitrogen and oxygen atoms in total. The van der Waals surface area contributed by atoms with E-state index in [1.54, 1.807) is 30.8 Å². The highest BCUT2D eigenvalue weighted by Crippen LogP contribution is 2.22. The van der Waals surface area contributed by atoms with E-state index in [-0.39, 0.29) is 11.9 Å². The summed E-state index contributed by atoms with van der Waals surface area (Å²) in [4.78, 5) is 31.0. The topological polar surface area (TPSA) is 60.7 Å². The Morgan fingerprint density at radius 2 is 1.97 bits per heavy atom. The molecule has 0 atom stereocenters. The molecule has 3 aromatic rings. The third-order valence-corrected chi connectivity index (χ3v) is 6.68. The highest BCUT2D eigenvalue weighted by atomic mass is 32.2. The Morgan fingerprint density at radius 3 is 2.69 bits per heavy atom. The molecule has 3 rings (SSSR count). The molecule has 0 N–H and O–H groups in total. The van der Waals surface area contributed by atoms with Crippen molar-refractivity contribution in [2.24, 2.45) is 4.99 Å². The number of hydrogen-bond acceptors (Lipinski definition) is 6. The van der Waals surface area contributed by atoms with Crippen LogP contribution >= 0.6 is 34.9 Å². The Morgan fingerprint density at radius 1 is 1.17 bits per heavy atom. The Bertz CT molecular complexity index is 1100. The molecule has 1 amide bonds. The van der Waals surface area contributed by atoms with Gasteiger partial charge in [0, 0.05) is 17.2 Å². The first-order valence-electron chi connectivity index (χ1n) is 9.10. The van der Waals surface area contributed by atoms with Crippen LogP contribution in [0, 0.1) is 0 Å². The number of esters is 1. The number of benzene rings is 2. The van der Waals surface area contributed by atoms with Crippen molar-refractivity contribution in [3.8, 4) is 0 Å². The van der Waals surface area contributed by atoms with Crippen LogP contribution in [0.5, 0.6) is 0 Å². The Hall–Kier alpha value is -2.03. The van der Waals surface area contributed by atoms with Crippen LogP contribution in [-0.4, -0.2) is 41.3 Å². The van der Waals surface area contributed by atoms with Gasteiger partial charge in [-0.05, 0) is 49.8 Å². The molecule has 0 aliphatic rings. The van der Waals surface area contributed by atoms with Gasteiger partial charge >= 0.3 is 5.97 Å². The minimum absolute atomic E-state index is 0.259. The molecule has 1 heterocycles. The van der Waals surface area contributed by atoms with Crippen molar-refractivity contribution in [2.75, 3.05) is 24.9 Å². The van der Waals surface area contributed by atoms with E-state index in [2.05, 4.69) is 4.99 Å². The van der Waals surface area contributed by atoms with Crippen LogP contribution < -0.4 is 4.80 Å². The fraction of sp³-hybridized carbons (Fsp3) is 0.286. The number of rotatable bonds is 7. The third kappa shape index (κ3) is 4.94. The highest BCUT2D eigenvalue weighted by molar-refractivity contribution is 7.98. The third-order valence-electron chi connectivity index (χ3n) is 4.25. The molecule has 0 fully saturated rings. The van der Waals surface area contributed by atoms with Gasteiger partial charge in [-0.3, -0.25) is 4.79 Å². The van der Waals surface area contributed by atoms with Crippen LogP contribution in [0.3, 0.4) is 0 Å². The number of carbonyl (C=O) groups excluding carboxylic acids is 2. The van der Waals surface area contributed by atoms with Gasteiger partial charge in [-0.1, -0.05) is 23.5 Å². The summed E-state index contributed by atoms with van der Waals surface area (Å²) in [5.74, 6) is 0.292. The summed E-state index contributed by atoms with van der Waals surface area (Å²) in [6.45, 7) is 2.85. The second kappa shape index (κ2) is 10.1. The Kier molecular flexibility index (Phi) is 7.57. The zero-order chi connectivity index (χ0) is 20.8. The summed E-state index contributed by atoms with van der Waals surface area (Å²) < 4.78 is 8.05. The van der Waals surface area contributed by atoms with Gasteiger partial charge in [-0.2, -0.15) is 16.8 Å². The molecule has 0 radical (unpaired) electrons. The van der Waals surface area contributed by atoms with Crippen molar-refractivity contribution >= 4 is 57.0 Å². The SMILES string of the molecule is CCOC(=O)c1ccc2c(c1)sc(=NC(=O)c1ccccc1SC)n2CCSC. The first-order chi connectivity index (χ1) is 14.1. The lowest BCUT2D eigenvalue weighted by Gasteiger charge is -2.05.